The Kier molecular flexibility index (Phi) is 12.0. The Morgan fingerprint density at radius 1 is 1.13 bits per heavy atom. The monoisotopic (exact) mass is 456 g/mol. The lowest BCUT2D eigenvalue weighted by atomic mass is 10.4. The van der Waals surface area contributed by atoms with Gasteiger partial charge >= 0.3 is 0 Å². The number of nitrogens with one attached hydrogen (secondary N) is 3. The minimum atomic E-state index is -3.46. The summed E-state index contributed by atoms with van der Waals surface area (Å²) in [6.07, 6.45) is 0.873. The number of ether oxygens (including phenoxy) is 1. The zero-order chi connectivity index (χ0) is 16.3. The molecule has 1 rings (SSSR count). The van der Waals surface area contributed by atoms with Crippen LogP contribution in [0, 0.1) is 0 Å². The summed E-state index contributed by atoms with van der Waals surface area (Å²) in [4.78, 5) is 4.32. The molecule has 0 fully saturated rings. The molecule has 132 valence electrons. The van der Waals surface area contributed by atoms with E-state index in [0.717, 1.165) is 13.0 Å². The maximum absolute atomic E-state index is 12.0. The molecule has 23 heavy (non-hydrogen) atoms. The summed E-state index contributed by atoms with van der Waals surface area (Å²) in [6, 6.07) is 8.29. The van der Waals surface area contributed by atoms with E-state index in [1.807, 2.05) is 0 Å². The average molecular weight is 456 g/mol. The van der Waals surface area contributed by atoms with Gasteiger partial charge < -0.3 is 15.4 Å². The van der Waals surface area contributed by atoms with Crippen LogP contribution in [-0.2, 0) is 14.8 Å². The van der Waals surface area contributed by atoms with Gasteiger partial charge in [0.05, 0.1) is 4.90 Å². The number of halogens is 1. The smallest absolute Gasteiger partial charge is 0.240 e. The zero-order valence-electron chi connectivity index (χ0n) is 13.4. The lowest BCUT2D eigenvalue weighted by molar-refractivity contribution is 0.195. The van der Waals surface area contributed by atoms with Gasteiger partial charge in [-0.05, 0) is 18.6 Å². The van der Waals surface area contributed by atoms with Gasteiger partial charge in [-0.3, -0.25) is 4.99 Å². The van der Waals surface area contributed by atoms with E-state index in [1.54, 1.807) is 44.5 Å². The third kappa shape index (κ3) is 9.08. The van der Waals surface area contributed by atoms with Crippen molar-refractivity contribution in [2.24, 2.45) is 4.99 Å². The fourth-order valence-electron chi connectivity index (χ4n) is 1.69. The Morgan fingerprint density at radius 2 is 1.78 bits per heavy atom. The first kappa shape index (κ1) is 22.1. The van der Waals surface area contributed by atoms with E-state index in [0.29, 0.717) is 19.1 Å². The summed E-state index contributed by atoms with van der Waals surface area (Å²) in [5.41, 5.74) is 0. The van der Waals surface area contributed by atoms with Gasteiger partial charge in [-0.25, -0.2) is 13.1 Å². The molecule has 3 N–H and O–H groups in total. The Labute approximate surface area is 155 Å². The van der Waals surface area contributed by atoms with E-state index in [-0.39, 0.29) is 35.4 Å². The zero-order valence-corrected chi connectivity index (χ0v) is 16.6. The predicted molar refractivity (Wildman–Crippen MR) is 103 cm³/mol. The maximum Gasteiger partial charge on any atom is 0.240 e. The molecule has 0 radical (unpaired) electrons. The largest absolute Gasteiger partial charge is 0.385 e. The van der Waals surface area contributed by atoms with E-state index in [4.69, 9.17) is 4.74 Å². The molecule has 9 heteroatoms. The van der Waals surface area contributed by atoms with Crippen LogP contribution in [0.15, 0.2) is 40.2 Å². The van der Waals surface area contributed by atoms with Crippen LogP contribution in [0.5, 0.6) is 0 Å². The van der Waals surface area contributed by atoms with Crippen LogP contribution in [0.3, 0.4) is 0 Å². The van der Waals surface area contributed by atoms with Crippen LogP contribution < -0.4 is 15.4 Å². The number of hydrogen-bond acceptors (Lipinski definition) is 4. The second-order valence-electron chi connectivity index (χ2n) is 4.48. The van der Waals surface area contributed by atoms with Crippen molar-refractivity contribution >= 4 is 40.0 Å². The highest BCUT2D eigenvalue weighted by Gasteiger charge is 2.11. The van der Waals surface area contributed by atoms with Crippen LogP contribution in [0.1, 0.15) is 6.42 Å². The van der Waals surface area contributed by atoms with Crippen molar-refractivity contribution in [2.45, 2.75) is 11.3 Å². The molecule has 0 aliphatic carbocycles. The van der Waals surface area contributed by atoms with Gasteiger partial charge in [-0.1, -0.05) is 18.2 Å². The third-order valence-electron chi connectivity index (χ3n) is 2.80. The fraction of sp³-hybridized carbons (Fsp3) is 0.500. The van der Waals surface area contributed by atoms with Crippen molar-refractivity contribution in [3.63, 3.8) is 0 Å². The van der Waals surface area contributed by atoms with E-state index in [2.05, 4.69) is 20.3 Å². The van der Waals surface area contributed by atoms with Crippen molar-refractivity contribution in [3.8, 4) is 0 Å². The Hall–Kier alpha value is -0.910. The Bertz CT molecular complexity index is 552. The molecule has 1 aromatic rings. The number of aliphatic imine (C=N–C) groups is 1. The van der Waals surface area contributed by atoms with Gasteiger partial charge in [0, 0.05) is 40.4 Å². The molecule has 0 saturated carbocycles. The normalized spacial score (nSPS) is 11.7. The van der Waals surface area contributed by atoms with E-state index >= 15 is 0 Å². The lowest BCUT2D eigenvalue weighted by Gasteiger charge is -2.12. The van der Waals surface area contributed by atoms with Crippen molar-refractivity contribution in [1.29, 1.82) is 0 Å². The molecule has 0 aromatic heterocycles. The topological polar surface area (TPSA) is 91.8 Å². The van der Waals surface area contributed by atoms with E-state index in [9.17, 15) is 8.42 Å². The first-order valence-corrected chi connectivity index (χ1v) is 8.56. The summed E-state index contributed by atoms with van der Waals surface area (Å²) in [7, 11) is -0.131. The number of sulfonamides is 1. The first-order valence-electron chi connectivity index (χ1n) is 7.08. The quantitative estimate of drug-likeness (QED) is 0.221. The average Bonchev–Trinajstić information content (AvgIpc) is 2.54. The van der Waals surface area contributed by atoms with Crippen molar-refractivity contribution in [1.82, 2.24) is 15.4 Å². The van der Waals surface area contributed by atoms with Gasteiger partial charge in [0.25, 0.3) is 0 Å². The van der Waals surface area contributed by atoms with Gasteiger partial charge in [-0.15, -0.1) is 24.0 Å². The van der Waals surface area contributed by atoms with Crippen molar-refractivity contribution in [2.75, 3.05) is 40.4 Å². The van der Waals surface area contributed by atoms with Crippen LogP contribution in [-0.4, -0.2) is 54.8 Å². The molecule has 0 aliphatic heterocycles. The number of rotatable bonds is 9. The summed E-state index contributed by atoms with van der Waals surface area (Å²) in [5.74, 6) is 0.634. The second kappa shape index (κ2) is 12.5. The van der Waals surface area contributed by atoms with Crippen molar-refractivity contribution in [3.05, 3.63) is 30.3 Å². The summed E-state index contributed by atoms with van der Waals surface area (Å²) < 4.78 is 31.5. The van der Waals surface area contributed by atoms with Gasteiger partial charge in [0.15, 0.2) is 5.96 Å². The highest BCUT2D eigenvalue weighted by atomic mass is 127. The Balaban J connectivity index is 0.00000484. The van der Waals surface area contributed by atoms with Crippen LogP contribution in [0.2, 0.25) is 0 Å². The van der Waals surface area contributed by atoms with Crippen LogP contribution in [0.25, 0.3) is 0 Å². The number of benzene rings is 1. The molecule has 0 saturated heterocycles. The summed E-state index contributed by atoms with van der Waals surface area (Å²) in [6.45, 7) is 2.14. The molecule has 0 amide bonds. The molecule has 7 nitrogen and oxygen atoms in total. The van der Waals surface area contributed by atoms with E-state index in [1.165, 1.54) is 0 Å². The van der Waals surface area contributed by atoms with Crippen LogP contribution >= 0.6 is 24.0 Å². The van der Waals surface area contributed by atoms with E-state index < -0.39 is 10.0 Å². The molecule has 0 atom stereocenters. The highest BCUT2D eigenvalue weighted by molar-refractivity contribution is 14.0. The molecule has 0 heterocycles. The minimum absolute atomic E-state index is 0. The van der Waals surface area contributed by atoms with Crippen LogP contribution in [0.4, 0.5) is 0 Å². The molecule has 1 aromatic carbocycles. The highest BCUT2D eigenvalue weighted by Crippen LogP contribution is 2.06. The number of guanidine groups is 1. The minimum Gasteiger partial charge on any atom is -0.385 e. The molecule has 0 bridgehead atoms. The summed E-state index contributed by atoms with van der Waals surface area (Å²) >= 11 is 0. The number of nitrogens with zero attached hydrogens (tertiary/aromatic N) is 1. The lowest BCUT2D eigenvalue weighted by Crippen LogP contribution is -2.41. The third-order valence-corrected chi connectivity index (χ3v) is 4.28. The summed E-state index contributed by atoms with van der Waals surface area (Å²) in [5, 5.41) is 6.16. The van der Waals surface area contributed by atoms with Gasteiger partial charge in [-0.2, -0.15) is 0 Å². The predicted octanol–water partition coefficient (Wildman–Crippen LogP) is 0.784. The maximum atomic E-state index is 12.0. The number of hydrogen-bond donors (Lipinski definition) is 3. The van der Waals surface area contributed by atoms with Gasteiger partial charge in [0.1, 0.15) is 0 Å². The fourth-order valence-corrected chi connectivity index (χ4v) is 2.75. The molecular formula is C14H25IN4O3S. The molecule has 0 spiro atoms. The molecular weight excluding hydrogens is 431 g/mol. The molecule has 0 unspecified atom stereocenters. The molecule has 0 aliphatic rings. The standard InChI is InChI=1S/C14H24N4O3S.HI/c1-15-14(16-9-6-12-21-2)17-10-11-18-22(19,20)13-7-4-3-5-8-13;/h3-5,7-8,18H,6,9-12H2,1-2H3,(H2,15,16,17);1H. The number of methoxy groups -OCH3 is 1. The van der Waals surface area contributed by atoms with Gasteiger partial charge in [0.2, 0.25) is 10.0 Å². The Morgan fingerprint density at radius 3 is 2.39 bits per heavy atom. The second-order valence-corrected chi connectivity index (χ2v) is 6.25. The first-order chi connectivity index (χ1) is 10.6. The van der Waals surface area contributed by atoms with Crippen molar-refractivity contribution < 1.29 is 13.2 Å². The SMILES string of the molecule is CN=C(NCCCOC)NCCNS(=O)(=O)c1ccccc1.I.